The normalized spacial score (nSPS) is 14.0. The van der Waals surface area contributed by atoms with Crippen LogP contribution in [-0.4, -0.2) is 70.4 Å². The largest absolute Gasteiger partial charge is 0.465 e. The summed E-state index contributed by atoms with van der Waals surface area (Å²) in [5.41, 5.74) is 2.26. The smallest absolute Gasteiger partial charge is 0.410 e. The average Bonchev–Trinajstić information content (AvgIpc) is 3.32. The molecule has 0 saturated carbocycles. The Labute approximate surface area is 225 Å². The highest BCUT2D eigenvalue weighted by molar-refractivity contribution is 6.02. The van der Waals surface area contributed by atoms with Crippen molar-refractivity contribution in [3.8, 4) is 16.8 Å². The van der Waals surface area contributed by atoms with Crippen LogP contribution < -0.4 is 4.90 Å². The van der Waals surface area contributed by atoms with E-state index >= 15 is 4.39 Å². The van der Waals surface area contributed by atoms with Gasteiger partial charge in [0.25, 0.3) is 0 Å². The predicted octanol–water partition coefficient (Wildman–Crippen LogP) is 5.07. The number of hydrogen-bond donors (Lipinski definition) is 0. The molecular weight excluding hydrogens is 501 g/mol. The summed E-state index contributed by atoms with van der Waals surface area (Å²) in [6.45, 7) is 7.52. The van der Waals surface area contributed by atoms with E-state index in [0.29, 0.717) is 59.7 Å². The van der Waals surface area contributed by atoms with Gasteiger partial charge in [-0.25, -0.2) is 23.9 Å². The van der Waals surface area contributed by atoms with Crippen LogP contribution in [0, 0.1) is 5.82 Å². The van der Waals surface area contributed by atoms with Crippen molar-refractivity contribution in [1.29, 1.82) is 0 Å². The van der Waals surface area contributed by atoms with E-state index in [1.165, 1.54) is 19.5 Å². The van der Waals surface area contributed by atoms with Crippen molar-refractivity contribution in [3.05, 3.63) is 72.4 Å². The Hall–Kier alpha value is -4.47. The maximum atomic E-state index is 15.1. The lowest BCUT2D eigenvalue weighted by molar-refractivity contribution is 0.0240. The van der Waals surface area contributed by atoms with Crippen molar-refractivity contribution in [2.45, 2.75) is 26.4 Å². The summed E-state index contributed by atoms with van der Waals surface area (Å²) in [7, 11) is 1.34. The van der Waals surface area contributed by atoms with E-state index in [9.17, 15) is 9.59 Å². The highest BCUT2D eigenvalue weighted by atomic mass is 19.1. The highest BCUT2D eigenvalue weighted by Gasteiger charge is 2.29. The number of nitrogens with zero attached hydrogens (tertiary/aromatic N) is 5. The molecule has 0 spiro atoms. The highest BCUT2D eigenvalue weighted by Crippen LogP contribution is 2.38. The van der Waals surface area contributed by atoms with Crippen LogP contribution in [0.2, 0.25) is 0 Å². The molecule has 9 nitrogen and oxygen atoms in total. The molecule has 0 aliphatic carbocycles. The molecule has 0 unspecified atom stereocenters. The first-order valence-corrected chi connectivity index (χ1v) is 12.7. The van der Waals surface area contributed by atoms with Gasteiger partial charge < -0.3 is 23.8 Å². The van der Waals surface area contributed by atoms with E-state index in [-0.39, 0.29) is 11.9 Å². The number of anilines is 1. The van der Waals surface area contributed by atoms with Crippen LogP contribution >= 0.6 is 0 Å². The van der Waals surface area contributed by atoms with Crippen LogP contribution in [0.4, 0.5) is 15.0 Å². The van der Waals surface area contributed by atoms with Crippen LogP contribution in [0.25, 0.3) is 27.8 Å². The Bertz CT molecular complexity index is 1520. The molecule has 2 aromatic carbocycles. The number of esters is 1. The van der Waals surface area contributed by atoms with E-state index < -0.39 is 11.6 Å². The molecule has 0 N–H and O–H groups in total. The quantitative estimate of drug-likeness (QED) is 0.340. The number of methoxy groups -OCH3 is 1. The number of halogens is 1. The van der Waals surface area contributed by atoms with Crippen molar-refractivity contribution in [2.75, 3.05) is 38.2 Å². The van der Waals surface area contributed by atoms with Gasteiger partial charge in [-0.05, 0) is 51.1 Å². The summed E-state index contributed by atoms with van der Waals surface area (Å²) >= 11 is 0. The minimum Gasteiger partial charge on any atom is -0.465 e. The minimum absolute atomic E-state index is 0.344. The number of carbonyl (C=O) groups excluding carboxylic acids is 2. The third-order valence-corrected chi connectivity index (χ3v) is 6.52. The number of amides is 1. The van der Waals surface area contributed by atoms with E-state index in [1.807, 2.05) is 31.5 Å². The van der Waals surface area contributed by atoms with Crippen LogP contribution in [0.5, 0.6) is 0 Å². The van der Waals surface area contributed by atoms with Crippen molar-refractivity contribution >= 4 is 28.9 Å². The topological polar surface area (TPSA) is 89.8 Å². The lowest BCUT2D eigenvalue weighted by Crippen LogP contribution is -2.50. The van der Waals surface area contributed by atoms with Crippen LogP contribution in [-0.2, 0) is 9.47 Å². The molecule has 202 valence electrons. The molecule has 3 heterocycles. The first-order valence-electron chi connectivity index (χ1n) is 12.7. The van der Waals surface area contributed by atoms with Crippen LogP contribution in [0.1, 0.15) is 31.1 Å². The molecule has 39 heavy (non-hydrogen) atoms. The molecule has 0 atom stereocenters. The number of hydrogen-bond acceptors (Lipinski definition) is 7. The Kier molecular flexibility index (Phi) is 6.94. The second-order valence-corrected chi connectivity index (χ2v) is 10.3. The number of ether oxygens (including phenoxy) is 2. The summed E-state index contributed by atoms with van der Waals surface area (Å²) in [5.74, 6) is -0.129. The average molecular weight is 532 g/mol. The second-order valence-electron chi connectivity index (χ2n) is 10.3. The molecule has 0 bridgehead atoms. The molecule has 4 aromatic rings. The number of aromatic nitrogens is 3. The monoisotopic (exact) mass is 531 g/mol. The zero-order valence-electron chi connectivity index (χ0n) is 22.3. The van der Waals surface area contributed by atoms with Gasteiger partial charge in [0.05, 0.1) is 18.1 Å². The Balaban J connectivity index is 1.56. The van der Waals surface area contributed by atoms with Crippen molar-refractivity contribution in [3.63, 3.8) is 0 Å². The minimum atomic E-state index is -0.570. The summed E-state index contributed by atoms with van der Waals surface area (Å²) in [4.78, 5) is 37.5. The third-order valence-electron chi connectivity index (χ3n) is 6.52. The fourth-order valence-corrected chi connectivity index (χ4v) is 4.67. The molecule has 1 aliphatic rings. The van der Waals surface area contributed by atoms with E-state index in [2.05, 4.69) is 14.9 Å². The Morgan fingerprint density at radius 3 is 2.26 bits per heavy atom. The van der Waals surface area contributed by atoms with Gasteiger partial charge in [-0.2, -0.15) is 0 Å². The maximum Gasteiger partial charge on any atom is 0.410 e. The number of carbonyl (C=O) groups is 2. The number of rotatable bonds is 4. The Morgan fingerprint density at radius 1 is 0.923 bits per heavy atom. The zero-order chi connectivity index (χ0) is 27.7. The summed E-state index contributed by atoms with van der Waals surface area (Å²) in [6, 6.07) is 13.5. The van der Waals surface area contributed by atoms with Gasteiger partial charge >= 0.3 is 12.1 Å². The number of benzene rings is 2. The van der Waals surface area contributed by atoms with Gasteiger partial charge in [0, 0.05) is 49.2 Å². The van der Waals surface area contributed by atoms with Crippen molar-refractivity contribution in [2.24, 2.45) is 0 Å². The number of fused-ring (bicyclic) bond motifs is 1. The van der Waals surface area contributed by atoms with E-state index in [4.69, 9.17) is 9.47 Å². The third kappa shape index (κ3) is 5.27. The predicted molar refractivity (Wildman–Crippen MR) is 146 cm³/mol. The molecular formula is C29H30FN5O4. The lowest BCUT2D eigenvalue weighted by atomic mass is 10.1. The van der Waals surface area contributed by atoms with Gasteiger partial charge in [-0.15, -0.1) is 0 Å². The van der Waals surface area contributed by atoms with Gasteiger partial charge in [-0.1, -0.05) is 18.2 Å². The maximum absolute atomic E-state index is 15.1. The lowest BCUT2D eigenvalue weighted by Gasteiger charge is -2.36. The molecule has 1 saturated heterocycles. The fraction of sp³-hybridized carbons (Fsp3) is 0.310. The molecule has 1 fully saturated rings. The van der Waals surface area contributed by atoms with Gasteiger partial charge in [0.15, 0.2) is 5.65 Å². The van der Waals surface area contributed by atoms with Crippen molar-refractivity contribution < 1.29 is 23.5 Å². The van der Waals surface area contributed by atoms with Gasteiger partial charge in [0.1, 0.15) is 23.6 Å². The molecule has 5 rings (SSSR count). The molecule has 1 amide bonds. The van der Waals surface area contributed by atoms with E-state index in [1.54, 1.807) is 47.4 Å². The Morgan fingerprint density at radius 2 is 1.62 bits per heavy atom. The summed E-state index contributed by atoms with van der Waals surface area (Å²) < 4.78 is 27.3. The second kappa shape index (κ2) is 10.4. The van der Waals surface area contributed by atoms with E-state index in [0.717, 1.165) is 5.69 Å². The standard InChI is InChI=1S/C29H30FN5O4/c1-29(2,3)39-28(37)34-15-13-33(14-16-34)25-24-22(21-7-5-6-8-23(21)30)17-35(26(24)32-18-31-25)20-11-9-19(10-12-20)27(36)38-4/h5-12,17-18H,13-16H2,1-4H3. The van der Waals surface area contributed by atoms with Gasteiger partial charge in [-0.3, -0.25) is 0 Å². The van der Waals surface area contributed by atoms with Crippen molar-refractivity contribution in [1.82, 2.24) is 19.4 Å². The number of piperazine rings is 1. The summed E-state index contributed by atoms with van der Waals surface area (Å²) in [6.07, 6.45) is 2.98. The fourth-order valence-electron chi connectivity index (χ4n) is 4.67. The summed E-state index contributed by atoms with van der Waals surface area (Å²) in [5, 5.41) is 0.699. The first kappa shape index (κ1) is 26.1. The molecule has 1 aliphatic heterocycles. The van der Waals surface area contributed by atoms with Crippen LogP contribution in [0.15, 0.2) is 61.1 Å². The molecule has 2 aromatic heterocycles. The molecule has 0 radical (unpaired) electrons. The zero-order valence-corrected chi connectivity index (χ0v) is 22.3. The SMILES string of the molecule is COC(=O)c1ccc(-n2cc(-c3ccccc3F)c3c(N4CCN(C(=O)OC(C)(C)C)CC4)ncnc32)cc1. The molecule has 10 heteroatoms. The van der Waals surface area contributed by atoms with Crippen LogP contribution in [0.3, 0.4) is 0 Å². The van der Waals surface area contributed by atoms with Gasteiger partial charge in [0.2, 0.25) is 0 Å². The first-order chi connectivity index (χ1) is 18.7.